The molecule has 0 spiro atoms. The van der Waals surface area contributed by atoms with Gasteiger partial charge in [0.25, 0.3) is 11.8 Å². The molecular weight excluding hydrogens is 337 g/mol. The second-order valence-corrected chi connectivity index (χ2v) is 5.40. The molecule has 0 saturated heterocycles. The van der Waals surface area contributed by atoms with Crippen molar-refractivity contribution in [3.63, 3.8) is 0 Å². The zero-order valence-corrected chi connectivity index (χ0v) is 14.4. The molecule has 0 aliphatic rings. The van der Waals surface area contributed by atoms with Crippen LogP contribution >= 0.6 is 0 Å². The fraction of sp³-hybridized carbons (Fsp3) is 0.211. The number of hydrogen-bond donors (Lipinski definition) is 2. The van der Waals surface area contributed by atoms with Gasteiger partial charge >= 0.3 is 0 Å². The Morgan fingerprint density at radius 1 is 1.19 bits per heavy atom. The summed E-state index contributed by atoms with van der Waals surface area (Å²) < 4.78 is 18.4. The minimum absolute atomic E-state index is 0.229. The van der Waals surface area contributed by atoms with E-state index in [9.17, 15) is 14.0 Å². The van der Waals surface area contributed by atoms with Crippen molar-refractivity contribution in [1.82, 2.24) is 10.7 Å². The van der Waals surface area contributed by atoms with E-state index in [0.717, 1.165) is 6.42 Å². The van der Waals surface area contributed by atoms with Crippen LogP contribution in [0.15, 0.2) is 53.6 Å². The molecule has 0 heterocycles. The van der Waals surface area contributed by atoms with E-state index < -0.39 is 11.7 Å². The highest BCUT2D eigenvalue weighted by molar-refractivity contribution is 5.96. The third kappa shape index (κ3) is 6.35. The fourth-order valence-corrected chi connectivity index (χ4v) is 1.99. The summed E-state index contributed by atoms with van der Waals surface area (Å²) in [5, 5.41) is 6.21. The van der Waals surface area contributed by atoms with Crippen LogP contribution in [-0.4, -0.2) is 31.2 Å². The summed E-state index contributed by atoms with van der Waals surface area (Å²) in [5.74, 6) is -0.573. The van der Waals surface area contributed by atoms with Crippen LogP contribution in [0.2, 0.25) is 0 Å². The summed E-state index contributed by atoms with van der Waals surface area (Å²) in [6, 6.07) is 12.4. The molecule has 6 nitrogen and oxygen atoms in total. The van der Waals surface area contributed by atoms with Crippen LogP contribution in [0.1, 0.15) is 29.3 Å². The first-order chi connectivity index (χ1) is 12.6. The minimum atomic E-state index is -0.492. The van der Waals surface area contributed by atoms with Gasteiger partial charge in [0.2, 0.25) is 0 Å². The lowest BCUT2D eigenvalue weighted by molar-refractivity contribution is -0.120. The molecule has 2 aromatic carbocycles. The lowest BCUT2D eigenvalue weighted by atomic mass is 10.2. The standard InChI is InChI=1S/C19H20FN3O3/c1-2-10-26-17-8-6-15(7-9-17)19(25)21-13-18(24)23-22-12-14-4-3-5-16(20)11-14/h3-9,11-12H,2,10,13H2,1H3,(H,21,25)(H,23,24)/b22-12+. The van der Waals surface area contributed by atoms with Gasteiger partial charge in [-0.05, 0) is 48.4 Å². The minimum Gasteiger partial charge on any atom is -0.494 e. The Balaban J connectivity index is 1.76. The summed E-state index contributed by atoms with van der Waals surface area (Å²) >= 11 is 0. The lowest BCUT2D eigenvalue weighted by Gasteiger charge is -2.07. The fourth-order valence-electron chi connectivity index (χ4n) is 1.99. The molecule has 7 heteroatoms. The number of amides is 2. The van der Waals surface area contributed by atoms with Gasteiger partial charge in [-0.1, -0.05) is 19.1 Å². The third-order valence-electron chi connectivity index (χ3n) is 3.25. The number of hydrogen-bond acceptors (Lipinski definition) is 4. The number of benzene rings is 2. The van der Waals surface area contributed by atoms with E-state index in [1.165, 1.54) is 24.4 Å². The number of ether oxygens (including phenoxy) is 1. The highest BCUT2D eigenvalue weighted by Crippen LogP contribution is 2.12. The number of nitrogens with one attached hydrogen (secondary N) is 2. The van der Waals surface area contributed by atoms with Crippen molar-refractivity contribution in [1.29, 1.82) is 0 Å². The summed E-state index contributed by atoms with van der Waals surface area (Å²) in [6.45, 7) is 2.39. The van der Waals surface area contributed by atoms with E-state index in [0.29, 0.717) is 23.5 Å². The second-order valence-electron chi connectivity index (χ2n) is 5.40. The van der Waals surface area contributed by atoms with E-state index in [2.05, 4.69) is 15.8 Å². The molecule has 0 fully saturated rings. The summed E-state index contributed by atoms with van der Waals surface area (Å²) in [5.41, 5.74) is 3.20. The number of rotatable bonds is 8. The summed E-state index contributed by atoms with van der Waals surface area (Å²) in [4.78, 5) is 23.7. The molecule has 26 heavy (non-hydrogen) atoms. The molecule has 2 aromatic rings. The Morgan fingerprint density at radius 3 is 2.65 bits per heavy atom. The Kier molecular flexibility index (Phi) is 7.30. The topological polar surface area (TPSA) is 79.8 Å². The molecule has 2 N–H and O–H groups in total. The zero-order valence-electron chi connectivity index (χ0n) is 14.4. The number of nitrogens with zero attached hydrogens (tertiary/aromatic N) is 1. The maximum absolute atomic E-state index is 13.0. The first kappa shape index (κ1) is 19.1. The van der Waals surface area contributed by atoms with Crippen LogP contribution in [0.5, 0.6) is 5.75 Å². The molecule has 2 amide bonds. The third-order valence-corrected chi connectivity index (χ3v) is 3.25. The van der Waals surface area contributed by atoms with Crippen LogP contribution in [-0.2, 0) is 4.79 Å². The smallest absolute Gasteiger partial charge is 0.259 e. The predicted molar refractivity (Wildman–Crippen MR) is 96.7 cm³/mol. The monoisotopic (exact) mass is 357 g/mol. The maximum Gasteiger partial charge on any atom is 0.259 e. The van der Waals surface area contributed by atoms with Crippen LogP contribution in [0.4, 0.5) is 4.39 Å². The van der Waals surface area contributed by atoms with Crippen molar-refractivity contribution in [2.75, 3.05) is 13.2 Å². The molecule has 0 aromatic heterocycles. The van der Waals surface area contributed by atoms with Crippen molar-refractivity contribution in [2.45, 2.75) is 13.3 Å². The molecule has 0 aliphatic carbocycles. The van der Waals surface area contributed by atoms with Crippen molar-refractivity contribution in [2.24, 2.45) is 5.10 Å². The summed E-state index contributed by atoms with van der Waals surface area (Å²) in [6.07, 6.45) is 2.22. The molecule has 0 aliphatic heterocycles. The van der Waals surface area contributed by atoms with Gasteiger partial charge in [-0.15, -0.1) is 0 Å². The average Bonchev–Trinajstić information content (AvgIpc) is 2.65. The normalized spacial score (nSPS) is 10.5. The van der Waals surface area contributed by atoms with Crippen LogP contribution in [0.25, 0.3) is 0 Å². The van der Waals surface area contributed by atoms with Gasteiger partial charge in [0.05, 0.1) is 19.4 Å². The highest BCUT2D eigenvalue weighted by Gasteiger charge is 2.07. The molecule has 0 bridgehead atoms. The second kappa shape index (κ2) is 9.93. The summed E-state index contributed by atoms with van der Waals surface area (Å²) in [7, 11) is 0. The molecule has 136 valence electrons. The van der Waals surface area contributed by atoms with E-state index in [1.807, 2.05) is 6.92 Å². The molecule has 0 atom stereocenters. The van der Waals surface area contributed by atoms with Crippen LogP contribution in [0, 0.1) is 5.82 Å². The first-order valence-corrected chi connectivity index (χ1v) is 8.17. The van der Waals surface area contributed by atoms with Gasteiger partial charge in [0.1, 0.15) is 11.6 Å². The van der Waals surface area contributed by atoms with Gasteiger partial charge in [-0.25, -0.2) is 9.82 Å². The van der Waals surface area contributed by atoms with Gasteiger partial charge < -0.3 is 10.1 Å². The van der Waals surface area contributed by atoms with Gasteiger partial charge in [0.15, 0.2) is 0 Å². The lowest BCUT2D eigenvalue weighted by Crippen LogP contribution is -2.34. The SMILES string of the molecule is CCCOc1ccc(C(=O)NCC(=O)N/N=C/c2cccc(F)c2)cc1. The molecule has 2 rings (SSSR count). The number of carbonyl (C=O) groups is 2. The predicted octanol–water partition coefficient (Wildman–Crippen LogP) is 2.49. The molecule has 0 saturated carbocycles. The van der Waals surface area contributed by atoms with Crippen LogP contribution in [0.3, 0.4) is 0 Å². The highest BCUT2D eigenvalue weighted by atomic mass is 19.1. The van der Waals surface area contributed by atoms with Gasteiger partial charge in [-0.3, -0.25) is 9.59 Å². The largest absolute Gasteiger partial charge is 0.494 e. The number of hydrazone groups is 1. The van der Waals surface area contributed by atoms with E-state index in [-0.39, 0.29) is 12.5 Å². The average molecular weight is 357 g/mol. The Morgan fingerprint density at radius 2 is 1.96 bits per heavy atom. The Labute approximate surface area is 151 Å². The van der Waals surface area contributed by atoms with E-state index in [1.54, 1.807) is 30.3 Å². The van der Waals surface area contributed by atoms with E-state index >= 15 is 0 Å². The molecule has 0 radical (unpaired) electrons. The molecule has 0 unspecified atom stereocenters. The Bertz CT molecular complexity index is 776. The van der Waals surface area contributed by atoms with Crippen molar-refractivity contribution in [3.05, 3.63) is 65.5 Å². The molecular formula is C19H20FN3O3. The Hall–Kier alpha value is -3.22. The van der Waals surface area contributed by atoms with E-state index in [4.69, 9.17) is 4.74 Å². The van der Waals surface area contributed by atoms with Crippen molar-refractivity contribution < 1.29 is 18.7 Å². The zero-order chi connectivity index (χ0) is 18.8. The van der Waals surface area contributed by atoms with Crippen molar-refractivity contribution >= 4 is 18.0 Å². The van der Waals surface area contributed by atoms with Gasteiger partial charge in [0, 0.05) is 5.56 Å². The van der Waals surface area contributed by atoms with Crippen LogP contribution < -0.4 is 15.5 Å². The quantitative estimate of drug-likeness (QED) is 0.563. The number of carbonyl (C=O) groups excluding carboxylic acids is 2. The first-order valence-electron chi connectivity index (χ1n) is 8.17. The van der Waals surface area contributed by atoms with Crippen molar-refractivity contribution in [3.8, 4) is 5.75 Å². The van der Waals surface area contributed by atoms with Gasteiger partial charge in [-0.2, -0.15) is 5.10 Å². The number of halogens is 1. The maximum atomic E-state index is 13.0.